The van der Waals surface area contributed by atoms with Gasteiger partial charge in [-0.2, -0.15) is 0 Å². The molecule has 104 valence electrons. The monoisotopic (exact) mass is 341 g/mol. The van der Waals surface area contributed by atoms with Gasteiger partial charge in [0.25, 0.3) is 0 Å². The van der Waals surface area contributed by atoms with Crippen molar-refractivity contribution in [2.75, 3.05) is 5.32 Å². The normalized spacial score (nSPS) is 11.9. The molecule has 3 nitrogen and oxygen atoms in total. The summed E-state index contributed by atoms with van der Waals surface area (Å²) >= 11 is 3.25. The summed E-state index contributed by atoms with van der Waals surface area (Å²) in [5, 5.41) is 11.9. The molecule has 0 bridgehead atoms. The maximum absolute atomic E-state index is 13.7. The molecule has 0 amide bonds. The van der Waals surface area contributed by atoms with Crippen LogP contribution in [-0.4, -0.2) is 11.1 Å². The van der Waals surface area contributed by atoms with Crippen LogP contribution < -0.4 is 5.32 Å². The zero-order valence-electron chi connectivity index (χ0n) is 10.1. The molecule has 0 aromatic heterocycles. The smallest absolute Gasteiger partial charge is 0.330 e. The van der Waals surface area contributed by atoms with E-state index >= 15 is 0 Å². The lowest BCUT2D eigenvalue weighted by atomic mass is 10.1. The van der Waals surface area contributed by atoms with E-state index in [-0.39, 0.29) is 5.56 Å². The minimum atomic E-state index is -1.37. The molecule has 0 spiro atoms. The van der Waals surface area contributed by atoms with E-state index in [0.29, 0.717) is 5.69 Å². The molecule has 0 fully saturated rings. The number of hydrogen-bond acceptors (Lipinski definition) is 2. The molecule has 1 unspecified atom stereocenters. The Morgan fingerprint density at radius 1 is 1.15 bits per heavy atom. The maximum Gasteiger partial charge on any atom is 0.330 e. The third-order valence-corrected chi connectivity index (χ3v) is 3.20. The van der Waals surface area contributed by atoms with E-state index in [1.807, 2.05) is 0 Å². The first kappa shape index (κ1) is 14.5. The third kappa shape index (κ3) is 3.33. The van der Waals surface area contributed by atoms with Gasteiger partial charge < -0.3 is 10.4 Å². The summed E-state index contributed by atoms with van der Waals surface area (Å²) in [5.41, 5.74) is 0.240. The Balaban J connectivity index is 2.34. The quantitative estimate of drug-likeness (QED) is 0.884. The van der Waals surface area contributed by atoms with Crippen molar-refractivity contribution in [3.05, 3.63) is 64.1 Å². The molecular formula is C14H10BrF2NO2. The fraction of sp³-hybridized carbons (Fsp3) is 0.0714. The number of halogens is 3. The molecule has 1 atom stereocenters. The van der Waals surface area contributed by atoms with Gasteiger partial charge in [0.1, 0.15) is 11.6 Å². The number of hydrogen-bond donors (Lipinski definition) is 2. The number of anilines is 1. The van der Waals surface area contributed by atoms with Crippen LogP contribution in [0.4, 0.5) is 14.5 Å². The number of carboxylic acid groups (broad SMARTS) is 1. The van der Waals surface area contributed by atoms with Crippen LogP contribution in [0.2, 0.25) is 0 Å². The van der Waals surface area contributed by atoms with E-state index in [9.17, 15) is 18.7 Å². The fourth-order valence-corrected chi connectivity index (χ4v) is 1.99. The SMILES string of the molecule is O=C(O)C(Nc1ccc(Br)cc1)c1cc(F)ccc1F. The van der Waals surface area contributed by atoms with Gasteiger partial charge >= 0.3 is 5.97 Å². The molecule has 2 N–H and O–H groups in total. The van der Waals surface area contributed by atoms with Gasteiger partial charge in [0.15, 0.2) is 6.04 Å². The van der Waals surface area contributed by atoms with Crippen molar-refractivity contribution in [1.29, 1.82) is 0 Å². The number of rotatable bonds is 4. The molecule has 0 aliphatic rings. The molecule has 0 saturated carbocycles. The fourth-order valence-electron chi connectivity index (χ4n) is 1.72. The summed E-state index contributed by atoms with van der Waals surface area (Å²) < 4.78 is 27.7. The van der Waals surface area contributed by atoms with Gasteiger partial charge in [-0.15, -0.1) is 0 Å². The Kier molecular flexibility index (Phi) is 4.34. The highest BCUT2D eigenvalue weighted by Gasteiger charge is 2.23. The Bertz CT molecular complexity index is 632. The van der Waals surface area contributed by atoms with Crippen molar-refractivity contribution in [3.8, 4) is 0 Å². The maximum atomic E-state index is 13.7. The zero-order chi connectivity index (χ0) is 14.7. The van der Waals surface area contributed by atoms with Gasteiger partial charge in [0, 0.05) is 15.7 Å². The van der Waals surface area contributed by atoms with E-state index < -0.39 is 23.6 Å². The van der Waals surface area contributed by atoms with Crippen LogP contribution in [-0.2, 0) is 4.79 Å². The first-order valence-electron chi connectivity index (χ1n) is 5.67. The van der Waals surface area contributed by atoms with Crippen molar-refractivity contribution in [1.82, 2.24) is 0 Å². The minimum absolute atomic E-state index is 0.250. The van der Waals surface area contributed by atoms with E-state index in [4.69, 9.17) is 0 Å². The first-order chi connectivity index (χ1) is 9.47. The molecule has 20 heavy (non-hydrogen) atoms. The van der Waals surface area contributed by atoms with Crippen LogP contribution in [0.25, 0.3) is 0 Å². The Morgan fingerprint density at radius 2 is 1.80 bits per heavy atom. The summed E-state index contributed by atoms with van der Waals surface area (Å²) in [6.07, 6.45) is 0. The highest BCUT2D eigenvalue weighted by molar-refractivity contribution is 9.10. The van der Waals surface area contributed by atoms with Crippen LogP contribution in [0.3, 0.4) is 0 Å². The molecule has 0 aliphatic carbocycles. The second kappa shape index (κ2) is 6.00. The van der Waals surface area contributed by atoms with Crippen molar-refractivity contribution in [2.24, 2.45) is 0 Å². The summed E-state index contributed by atoms with van der Waals surface area (Å²) in [4.78, 5) is 11.3. The second-order valence-corrected chi connectivity index (χ2v) is 5.00. The van der Waals surface area contributed by atoms with E-state index in [2.05, 4.69) is 21.2 Å². The number of carbonyl (C=O) groups is 1. The van der Waals surface area contributed by atoms with E-state index in [1.54, 1.807) is 24.3 Å². The average molecular weight is 342 g/mol. The van der Waals surface area contributed by atoms with Crippen LogP contribution >= 0.6 is 15.9 Å². The van der Waals surface area contributed by atoms with E-state index in [0.717, 1.165) is 22.7 Å². The third-order valence-electron chi connectivity index (χ3n) is 2.67. The van der Waals surface area contributed by atoms with Gasteiger partial charge in [-0.1, -0.05) is 15.9 Å². The number of benzene rings is 2. The van der Waals surface area contributed by atoms with Crippen LogP contribution in [0, 0.1) is 11.6 Å². The molecular weight excluding hydrogens is 332 g/mol. The van der Waals surface area contributed by atoms with Gasteiger partial charge in [0.2, 0.25) is 0 Å². The molecule has 0 radical (unpaired) electrons. The van der Waals surface area contributed by atoms with Gasteiger partial charge in [0.05, 0.1) is 0 Å². The molecule has 2 aromatic rings. The average Bonchev–Trinajstić information content (AvgIpc) is 2.41. The van der Waals surface area contributed by atoms with E-state index in [1.165, 1.54) is 0 Å². The highest BCUT2D eigenvalue weighted by atomic mass is 79.9. The van der Waals surface area contributed by atoms with Crippen LogP contribution in [0.15, 0.2) is 46.9 Å². The van der Waals surface area contributed by atoms with Crippen LogP contribution in [0.5, 0.6) is 0 Å². The Labute approximate surface area is 122 Å². The molecule has 0 aliphatic heterocycles. The van der Waals surface area contributed by atoms with Crippen molar-refractivity contribution < 1.29 is 18.7 Å². The Hall–Kier alpha value is -1.95. The predicted molar refractivity (Wildman–Crippen MR) is 74.5 cm³/mol. The van der Waals surface area contributed by atoms with Gasteiger partial charge in [-0.05, 0) is 42.5 Å². The molecule has 0 heterocycles. The molecule has 0 saturated heterocycles. The largest absolute Gasteiger partial charge is 0.479 e. The standard InChI is InChI=1S/C14H10BrF2NO2/c15-8-1-4-10(5-2-8)18-13(14(19)20)11-7-9(16)3-6-12(11)17/h1-7,13,18H,(H,19,20). The number of aliphatic carboxylic acids is 1. The molecule has 6 heteroatoms. The van der Waals surface area contributed by atoms with Gasteiger partial charge in [-0.25, -0.2) is 13.6 Å². The second-order valence-electron chi connectivity index (χ2n) is 4.09. The lowest BCUT2D eigenvalue weighted by molar-refractivity contribution is -0.138. The lowest BCUT2D eigenvalue weighted by Crippen LogP contribution is -2.21. The number of carboxylic acids is 1. The predicted octanol–water partition coefficient (Wildman–Crippen LogP) is 3.97. The summed E-state index contributed by atoms with van der Waals surface area (Å²) in [5.74, 6) is -2.76. The van der Waals surface area contributed by atoms with Crippen molar-refractivity contribution in [3.63, 3.8) is 0 Å². The minimum Gasteiger partial charge on any atom is -0.479 e. The summed E-state index contributed by atoms with van der Waals surface area (Å²) in [7, 11) is 0. The topological polar surface area (TPSA) is 49.3 Å². The number of nitrogens with one attached hydrogen (secondary N) is 1. The molecule has 2 rings (SSSR count). The summed E-state index contributed by atoms with van der Waals surface area (Å²) in [6, 6.07) is 8.05. The first-order valence-corrected chi connectivity index (χ1v) is 6.46. The molecule has 2 aromatic carbocycles. The summed E-state index contributed by atoms with van der Waals surface area (Å²) in [6.45, 7) is 0. The zero-order valence-corrected chi connectivity index (χ0v) is 11.7. The van der Waals surface area contributed by atoms with Crippen LogP contribution in [0.1, 0.15) is 11.6 Å². The Morgan fingerprint density at radius 3 is 2.40 bits per heavy atom. The van der Waals surface area contributed by atoms with Crippen molar-refractivity contribution in [2.45, 2.75) is 6.04 Å². The highest BCUT2D eigenvalue weighted by Crippen LogP contribution is 2.24. The lowest BCUT2D eigenvalue weighted by Gasteiger charge is -2.17. The van der Waals surface area contributed by atoms with Gasteiger partial charge in [-0.3, -0.25) is 0 Å². The van der Waals surface area contributed by atoms with Crippen molar-refractivity contribution >= 4 is 27.6 Å².